The number of thioether (sulfide) groups is 1. The van der Waals surface area contributed by atoms with E-state index in [9.17, 15) is 9.59 Å². The van der Waals surface area contributed by atoms with Crippen LogP contribution in [0.5, 0.6) is 0 Å². The first-order chi connectivity index (χ1) is 12.0. The SMILES string of the molecule is CN1CCN(C(=O)CSc2nc3sc4c(c3c(=O)n2C)CCC4)CC1. The van der Waals surface area contributed by atoms with Crippen molar-refractivity contribution in [2.45, 2.75) is 24.4 Å². The van der Waals surface area contributed by atoms with Gasteiger partial charge in [0.05, 0.1) is 11.1 Å². The average Bonchev–Trinajstić information content (AvgIpc) is 3.17. The Bertz CT molecular complexity index is 881. The van der Waals surface area contributed by atoms with Crippen LogP contribution >= 0.6 is 23.1 Å². The van der Waals surface area contributed by atoms with Crippen LogP contribution < -0.4 is 5.56 Å². The minimum absolute atomic E-state index is 0.0268. The van der Waals surface area contributed by atoms with E-state index in [2.05, 4.69) is 11.9 Å². The molecule has 1 amide bonds. The zero-order valence-electron chi connectivity index (χ0n) is 14.6. The fraction of sp³-hybridized carbons (Fsp3) is 0.588. The average molecular weight is 379 g/mol. The second-order valence-corrected chi connectivity index (χ2v) is 8.79. The molecule has 2 aromatic rings. The fourth-order valence-corrected chi connectivity index (χ4v) is 5.69. The number of aromatic nitrogens is 2. The molecule has 0 bridgehead atoms. The largest absolute Gasteiger partial charge is 0.339 e. The maximum Gasteiger partial charge on any atom is 0.262 e. The van der Waals surface area contributed by atoms with Gasteiger partial charge < -0.3 is 9.80 Å². The van der Waals surface area contributed by atoms with E-state index in [1.54, 1.807) is 23.0 Å². The smallest absolute Gasteiger partial charge is 0.262 e. The number of carbonyl (C=O) groups is 1. The molecule has 2 aliphatic rings. The predicted octanol–water partition coefficient (Wildman–Crippen LogP) is 1.35. The van der Waals surface area contributed by atoms with Gasteiger partial charge in [-0.3, -0.25) is 14.2 Å². The highest BCUT2D eigenvalue weighted by Crippen LogP contribution is 2.35. The van der Waals surface area contributed by atoms with E-state index in [1.807, 2.05) is 4.90 Å². The second kappa shape index (κ2) is 6.74. The molecule has 1 aliphatic heterocycles. The van der Waals surface area contributed by atoms with Crippen LogP contribution in [-0.2, 0) is 24.7 Å². The fourth-order valence-electron chi connectivity index (χ4n) is 3.51. The maximum atomic E-state index is 12.8. The van der Waals surface area contributed by atoms with Gasteiger partial charge in [-0.05, 0) is 31.9 Å². The van der Waals surface area contributed by atoms with Crippen molar-refractivity contribution in [1.82, 2.24) is 19.4 Å². The van der Waals surface area contributed by atoms with Gasteiger partial charge in [0.25, 0.3) is 5.56 Å². The highest BCUT2D eigenvalue weighted by Gasteiger charge is 2.23. The summed E-state index contributed by atoms with van der Waals surface area (Å²) < 4.78 is 1.61. The van der Waals surface area contributed by atoms with E-state index in [0.717, 1.165) is 55.7 Å². The molecule has 2 aromatic heterocycles. The molecule has 0 aromatic carbocycles. The summed E-state index contributed by atoms with van der Waals surface area (Å²) in [6.07, 6.45) is 3.18. The Labute approximate surface area is 154 Å². The number of nitrogens with zero attached hydrogens (tertiary/aromatic N) is 4. The lowest BCUT2D eigenvalue weighted by Crippen LogP contribution is -2.47. The second-order valence-electron chi connectivity index (χ2n) is 6.77. The molecule has 0 unspecified atom stereocenters. The minimum Gasteiger partial charge on any atom is -0.339 e. The Morgan fingerprint density at radius 1 is 1.20 bits per heavy atom. The van der Waals surface area contributed by atoms with Gasteiger partial charge in [-0.25, -0.2) is 4.98 Å². The van der Waals surface area contributed by atoms with Crippen LogP contribution in [-0.4, -0.2) is 64.2 Å². The van der Waals surface area contributed by atoms with Crippen LogP contribution in [0, 0.1) is 0 Å². The van der Waals surface area contributed by atoms with Gasteiger partial charge in [0.2, 0.25) is 5.91 Å². The van der Waals surface area contributed by atoms with E-state index >= 15 is 0 Å². The number of amides is 1. The number of carbonyl (C=O) groups excluding carboxylic acids is 1. The number of piperazine rings is 1. The van der Waals surface area contributed by atoms with Crippen LogP contribution in [0.1, 0.15) is 16.9 Å². The van der Waals surface area contributed by atoms with Gasteiger partial charge >= 0.3 is 0 Å². The lowest BCUT2D eigenvalue weighted by Gasteiger charge is -2.32. The number of rotatable bonds is 3. The Morgan fingerprint density at radius 3 is 2.72 bits per heavy atom. The van der Waals surface area contributed by atoms with Crippen LogP contribution in [0.3, 0.4) is 0 Å². The van der Waals surface area contributed by atoms with E-state index < -0.39 is 0 Å². The van der Waals surface area contributed by atoms with E-state index in [1.165, 1.54) is 22.2 Å². The molecular formula is C17H22N4O2S2. The van der Waals surface area contributed by atoms with Crippen molar-refractivity contribution in [3.63, 3.8) is 0 Å². The zero-order valence-corrected chi connectivity index (χ0v) is 16.2. The van der Waals surface area contributed by atoms with Crippen molar-refractivity contribution >= 4 is 39.2 Å². The highest BCUT2D eigenvalue weighted by molar-refractivity contribution is 7.99. The topological polar surface area (TPSA) is 58.4 Å². The minimum atomic E-state index is 0.0268. The Hall–Kier alpha value is -1.38. The predicted molar refractivity (Wildman–Crippen MR) is 102 cm³/mol. The maximum absolute atomic E-state index is 12.8. The highest BCUT2D eigenvalue weighted by atomic mass is 32.2. The molecule has 1 aliphatic carbocycles. The van der Waals surface area contributed by atoms with E-state index in [0.29, 0.717) is 10.9 Å². The molecule has 0 N–H and O–H groups in total. The van der Waals surface area contributed by atoms with E-state index in [4.69, 9.17) is 4.98 Å². The number of hydrogen-bond acceptors (Lipinski definition) is 6. The van der Waals surface area contributed by atoms with Gasteiger partial charge in [-0.1, -0.05) is 11.8 Å². The molecule has 0 atom stereocenters. The third kappa shape index (κ3) is 3.11. The summed E-state index contributed by atoms with van der Waals surface area (Å²) in [6, 6.07) is 0. The molecule has 6 nitrogen and oxygen atoms in total. The first-order valence-electron chi connectivity index (χ1n) is 8.65. The summed E-state index contributed by atoms with van der Waals surface area (Å²) in [7, 11) is 3.83. The van der Waals surface area contributed by atoms with Gasteiger partial charge in [0.1, 0.15) is 4.83 Å². The van der Waals surface area contributed by atoms with Gasteiger partial charge in [0, 0.05) is 38.1 Å². The van der Waals surface area contributed by atoms with Crippen molar-refractivity contribution in [2.24, 2.45) is 7.05 Å². The third-order valence-electron chi connectivity index (χ3n) is 5.09. The van der Waals surface area contributed by atoms with Crippen molar-refractivity contribution in [3.05, 3.63) is 20.8 Å². The number of fused-ring (bicyclic) bond motifs is 3. The van der Waals surface area contributed by atoms with Crippen molar-refractivity contribution in [2.75, 3.05) is 39.0 Å². The van der Waals surface area contributed by atoms with Crippen LogP contribution in [0.4, 0.5) is 0 Å². The number of likely N-dealkylation sites (N-methyl/N-ethyl adjacent to an activating group) is 1. The first-order valence-corrected chi connectivity index (χ1v) is 10.4. The van der Waals surface area contributed by atoms with Crippen molar-refractivity contribution in [1.29, 1.82) is 0 Å². The standard InChI is InChI=1S/C17H22N4O2S2/c1-19-6-8-21(9-7-19)13(22)10-24-17-18-15-14(16(23)20(17)2)11-4-3-5-12(11)25-15/h3-10H2,1-2H3. The summed E-state index contributed by atoms with van der Waals surface area (Å²) in [5, 5.41) is 1.44. The molecule has 25 heavy (non-hydrogen) atoms. The normalized spacial score (nSPS) is 18.1. The lowest BCUT2D eigenvalue weighted by atomic mass is 10.2. The van der Waals surface area contributed by atoms with Crippen LogP contribution in [0.25, 0.3) is 10.2 Å². The molecule has 0 saturated carbocycles. The molecule has 0 spiro atoms. The summed E-state index contributed by atoms with van der Waals surface area (Å²) in [6.45, 7) is 3.39. The van der Waals surface area contributed by atoms with Crippen molar-refractivity contribution in [3.8, 4) is 0 Å². The molecule has 1 fully saturated rings. The monoisotopic (exact) mass is 378 g/mol. The van der Waals surface area contributed by atoms with Crippen molar-refractivity contribution < 1.29 is 4.79 Å². The number of hydrogen-bond donors (Lipinski definition) is 0. The Kier molecular flexibility index (Phi) is 4.59. The Balaban J connectivity index is 1.53. The molecule has 134 valence electrons. The zero-order chi connectivity index (χ0) is 17.6. The van der Waals surface area contributed by atoms with Crippen LogP contribution in [0.2, 0.25) is 0 Å². The molecule has 4 rings (SSSR count). The first kappa shape index (κ1) is 17.1. The number of thiophene rings is 1. The van der Waals surface area contributed by atoms with E-state index in [-0.39, 0.29) is 11.5 Å². The molecule has 8 heteroatoms. The molecule has 0 radical (unpaired) electrons. The lowest BCUT2D eigenvalue weighted by molar-refractivity contribution is -0.129. The Morgan fingerprint density at radius 2 is 1.96 bits per heavy atom. The van der Waals surface area contributed by atoms with Crippen LogP contribution in [0.15, 0.2) is 9.95 Å². The summed E-state index contributed by atoms with van der Waals surface area (Å²) in [5.74, 6) is 0.460. The molecule has 3 heterocycles. The third-order valence-corrected chi connectivity index (χ3v) is 7.29. The van der Waals surface area contributed by atoms with Gasteiger partial charge in [-0.15, -0.1) is 11.3 Å². The quantitative estimate of drug-likeness (QED) is 0.596. The summed E-state index contributed by atoms with van der Waals surface area (Å²) >= 11 is 3.02. The summed E-state index contributed by atoms with van der Waals surface area (Å²) in [5.41, 5.74) is 1.23. The van der Waals surface area contributed by atoms with Gasteiger partial charge in [0.15, 0.2) is 5.16 Å². The molecule has 1 saturated heterocycles. The molecular weight excluding hydrogens is 356 g/mol. The van der Waals surface area contributed by atoms with Gasteiger partial charge in [-0.2, -0.15) is 0 Å². The summed E-state index contributed by atoms with van der Waals surface area (Å²) in [4.78, 5) is 36.2. The number of aryl methyl sites for hydroxylation is 2.